The molecule has 0 atom stereocenters. The predicted octanol–water partition coefficient (Wildman–Crippen LogP) is 0.197. The molecule has 2 N–H and O–H groups in total. The Morgan fingerprint density at radius 2 is 2.33 bits per heavy atom. The topological polar surface area (TPSA) is 70.3 Å². The van der Waals surface area contributed by atoms with E-state index in [0.717, 1.165) is 5.69 Å². The lowest BCUT2D eigenvalue weighted by atomic mass is 10.3. The molecule has 80 valence electrons. The molecule has 0 amide bonds. The highest BCUT2D eigenvalue weighted by Crippen LogP contribution is 2.12. The highest BCUT2D eigenvalue weighted by Gasteiger charge is 2.21. The molecule has 0 spiro atoms. The van der Waals surface area contributed by atoms with Crippen molar-refractivity contribution in [2.75, 3.05) is 13.2 Å². The zero-order chi connectivity index (χ0) is 10.8. The van der Waals surface area contributed by atoms with Gasteiger partial charge in [0.1, 0.15) is 16.8 Å². The van der Waals surface area contributed by atoms with Crippen LogP contribution < -0.4 is 10.5 Å². The maximum absolute atomic E-state index is 5.49. The van der Waals surface area contributed by atoms with E-state index in [9.17, 15) is 0 Å². The molecule has 1 fully saturated rings. The van der Waals surface area contributed by atoms with Gasteiger partial charge < -0.3 is 15.2 Å². The van der Waals surface area contributed by atoms with E-state index >= 15 is 0 Å². The van der Waals surface area contributed by atoms with Gasteiger partial charge in [0, 0.05) is 5.69 Å². The predicted molar refractivity (Wildman–Crippen MR) is 57.9 cm³/mol. The van der Waals surface area contributed by atoms with Gasteiger partial charge in [-0.25, -0.2) is 4.98 Å². The first kappa shape index (κ1) is 10.3. The number of rotatable bonds is 3. The van der Waals surface area contributed by atoms with Crippen molar-refractivity contribution in [2.45, 2.75) is 13.0 Å². The smallest absolute Gasteiger partial charge is 0.317 e. The van der Waals surface area contributed by atoms with Crippen LogP contribution in [0.3, 0.4) is 0 Å². The zero-order valence-electron chi connectivity index (χ0n) is 8.27. The van der Waals surface area contributed by atoms with Gasteiger partial charge in [-0.05, 0) is 13.0 Å². The monoisotopic (exact) mass is 225 g/mol. The van der Waals surface area contributed by atoms with Crippen molar-refractivity contribution >= 4 is 17.2 Å². The van der Waals surface area contributed by atoms with Crippen LogP contribution in [0.5, 0.6) is 6.01 Å². The fourth-order valence-electron chi connectivity index (χ4n) is 1.15. The van der Waals surface area contributed by atoms with Gasteiger partial charge in [-0.15, -0.1) is 0 Å². The molecule has 6 heteroatoms. The van der Waals surface area contributed by atoms with Crippen LogP contribution >= 0.6 is 12.2 Å². The second kappa shape index (κ2) is 4.08. The fraction of sp³-hybridized carbons (Fsp3) is 0.444. The van der Waals surface area contributed by atoms with E-state index in [1.807, 2.05) is 6.92 Å². The average molecular weight is 225 g/mol. The first-order valence-corrected chi connectivity index (χ1v) is 4.96. The number of nitrogens with zero attached hydrogens (tertiary/aromatic N) is 2. The molecular weight excluding hydrogens is 214 g/mol. The number of nitrogens with two attached hydrogens (primary N) is 1. The Balaban J connectivity index is 2.18. The first-order chi connectivity index (χ1) is 7.15. The Bertz CT molecular complexity index is 393. The maximum Gasteiger partial charge on any atom is 0.317 e. The fourth-order valence-corrected chi connectivity index (χ4v) is 1.26. The number of thiocarbonyl (C=S) groups is 1. The Kier molecular flexibility index (Phi) is 2.79. The van der Waals surface area contributed by atoms with Gasteiger partial charge in [0.15, 0.2) is 0 Å². The number of aryl methyl sites for hydroxylation is 1. The lowest BCUT2D eigenvalue weighted by Crippen LogP contribution is -2.39. The van der Waals surface area contributed by atoms with E-state index < -0.39 is 0 Å². The van der Waals surface area contributed by atoms with Crippen LogP contribution in [0.15, 0.2) is 6.07 Å². The Hall–Kier alpha value is -1.27. The summed E-state index contributed by atoms with van der Waals surface area (Å²) in [5.74, 6) is 0. The van der Waals surface area contributed by atoms with Gasteiger partial charge in [0.05, 0.1) is 13.2 Å². The van der Waals surface area contributed by atoms with Crippen molar-refractivity contribution in [1.82, 2.24) is 9.97 Å². The molecule has 1 aliphatic heterocycles. The van der Waals surface area contributed by atoms with E-state index in [-0.39, 0.29) is 11.1 Å². The van der Waals surface area contributed by atoms with E-state index in [0.29, 0.717) is 24.9 Å². The molecule has 15 heavy (non-hydrogen) atoms. The Labute approximate surface area is 92.6 Å². The third kappa shape index (κ3) is 2.40. The van der Waals surface area contributed by atoms with E-state index in [2.05, 4.69) is 9.97 Å². The number of aromatic nitrogens is 2. The van der Waals surface area contributed by atoms with Crippen molar-refractivity contribution in [3.8, 4) is 6.01 Å². The molecule has 1 saturated heterocycles. The zero-order valence-corrected chi connectivity index (χ0v) is 9.08. The molecule has 1 aromatic rings. The summed E-state index contributed by atoms with van der Waals surface area (Å²) in [6.07, 6.45) is 0.0472. The van der Waals surface area contributed by atoms with E-state index in [1.165, 1.54) is 0 Å². The lowest BCUT2D eigenvalue weighted by molar-refractivity contribution is -0.0831. The lowest BCUT2D eigenvalue weighted by Gasteiger charge is -2.25. The van der Waals surface area contributed by atoms with Crippen LogP contribution in [-0.4, -0.2) is 34.3 Å². The number of hydrogen-bond donors (Lipinski definition) is 1. The second-order valence-corrected chi connectivity index (χ2v) is 3.76. The highest BCUT2D eigenvalue weighted by molar-refractivity contribution is 7.80. The van der Waals surface area contributed by atoms with Gasteiger partial charge in [0.25, 0.3) is 0 Å². The Morgan fingerprint density at radius 1 is 1.60 bits per heavy atom. The van der Waals surface area contributed by atoms with Crippen molar-refractivity contribution in [3.05, 3.63) is 17.5 Å². The Morgan fingerprint density at radius 3 is 2.87 bits per heavy atom. The molecule has 0 radical (unpaired) electrons. The van der Waals surface area contributed by atoms with Crippen molar-refractivity contribution in [2.24, 2.45) is 5.73 Å². The summed E-state index contributed by atoms with van der Waals surface area (Å²) in [4.78, 5) is 8.48. The van der Waals surface area contributed by atoms with Gasteiger partial charge in [-0.1, -0.05) is 12.2 Å². The maximum atomic E-state index is 5.49. The molecule has 0 unspecified atom stereocenters. The summed E-state index contributed by atoms with van der Waals surface area (Å²) < 4.78 is 10.4. The third-order valence-electron chi connectivity index (χ3n) is 1.97. The molecule has 0 saturated carbocycles. The van der Waals surface area contributed by atoms with Gasteiger partial charge in [-0.3, -0.25) is 0 Å². The second-order valence-electron chi connectivity index (χ2n) is 3.32. The summed E-state index contributed by atoms with van der Waals surface area (Å²) in [6, 6.07) is 2.04. The molecule has 0 aromatic carbocycles. The standard InChI is InChI=1S/C9H11N3O2S/c1-5-2-7(8(10)15)12-9(11-5)14-6-3-13-4-6/h2,6H,3-4H2,1H3,(H2,10,15). The largest absolute Gasteiger partial charge is 0.455 e. The molecule has 0 bridgehead atoms. The van der Waals surface area contributed by atoms with Gasteiger partial charge in [-0.2, -0.15) is 4.98 Å². The van der Waals surface area contributed by atoms with Crippen LogP contribution in [0, 0.1) is 6.92 Å². The number of hydrogen-bond acceptors (Lipinski definition) is 5. The van der Waals surface area contributed by atoms with E-state index in [4.69, 9.17) is 27.4 Å². The van der Waals surface area contributed by atoms with Gasteiger partial charge >= 0.3 is 6.01 Å². The molecule has 0 aliphatic carbocycles. The van der Waals surface area contributed by atoms with E-state index in [1.54, 1.807) is 6.07 Å². The summed E-state index contributed by atoms with van der Waals surface area (Å²) in [5.41, 5.74) is 6.81. The van der Waals surface area contributed by atoms with Crippen molar-refractivity contribution in [3.63, 3.8) is 0 Å². The average Bonchev–Trinajstić information content (AvgIpc) is 2.10. The van der Waals surface area contributed by atoms with Crippen molar-refractivity contribution in [1.29, 1.82) is 0 Å². The van der Waals surface area contributed by atoms with Crippen LogP contribution in [0.25, 0.3) is 0 Å². The van der Waals surface area contributed by atoms with Crippen molar-refractivity contribution < 1.29 is 9.47 Å². The molecule has 2 heterocycles. The van der Waals surface area contributed by atoms with Crippen LogP contribution in [0.1, 0.15) is 11.4 Å². The minimum absolute atomic E-state index is 0.0472. The highest BCUT2D eigenvalue weighted by atomic mass is 32.1. The summed E-state index contributed by atoms with van der Waals surface area (Å²) in [5, 5.41) is 0. The van der Waals surface area contributed by atoms with Crippen LogP contribution in [0.2, 0.25) is 0 Å². The molecule has 2 rings (SSSR count). The molecule has 1 aliphatic rings. The quantitative estimate of drug-likeness (QED) is 0.741. The summed E-state index contributed by atoms with van der Waals surface area (Å²) >= 11 is 4.84. The molecule has 1 aromatic heterocycles. The van der Waals surface area contributed by atoms with Crippen LogP contribution in [0.4, 0.5) is 0 Å². The molecule has 5 nitrogen and oxygen atoms in total. The van der Waals surface area contributed by atoms with Gasteiger partial charge in [0.2, 0.25) is 0 Å². The third-order valence-corrected chi connectivity index (χ3v) is 2.17. The normalized spacial score (nSPS) is 15.8. The molecular formula is C9H11N3O2S. The summed E-state index contributed by atoms with van der Waals surface area (Å²) in [6.45, 7) is 3.01. The van der Waals surface area contributed by atoms with Crippen LogP contribution in [-0.2, 0) is 4.74 Å². The minimum atomic E-state index is 0.0472. The first-order valence-electron chi connectivity index (χ1n) is 4.55. The SMILES string of the molecule is Cc1cc(C(N)=S)nc(OC2COC2)n1. The summed E-state index contributed by atoms with van der Waals surface area (Å²) in [7, 11) is 0. The minimum Gasteiger partial charge on any atom is -0.455 e. The number of ether oxygens (including phenoxy) is 2.